The number of nitrogens with one attached hydrogen (secondary N) is 2. The van der Waals surface area contributed by atoms with Crippen LogP contribution in [0.5, 0.6) is 0 Å². The molecule has 3 rings (SSSR count). The van der Waals surface area contributed by atoms with Gasteiger partial charge in [-0.25, -0.2) is 4.98 Å². The predicted molar refractivity (Wildman–Crippen MR) is 76.5 cm³/mol. The highest BCUT2D eigenvalue weighted by Gasteiger charge is 2.03. The molecule has 94 valence electrons. The summed E-state index contributed by atoms with van der Waals surface area (Å²) < 4.78 is 0. The topological polar surface area (TPSA) is 83.8 Å². The molecule has 3 aromatic rings. The van der Waals surface area contributed by atoms with E-state index in [2.05, 4.69) is 15.3 Å². The summed E-state index contributed by atoms with van der Waals surface area (Å²) in [5.74, 6) is 0. The summed E-state index contributed by atoms with van der Waals surface area (Å²) in [5, 5.41) is 4.12. The van der Waals surface area contributed by atoms with Crippen molar-refractivity contribution in [3.63, 3.8) is 0 Å². The zero-order chi connectivity index (χ0) is 13.2. The zero-order valence-electron chi connectivity index (χ0n) is 10.1. The first-order valence-corrected chi connectivity index (χ1v) is 5.83. The van der Waals surface area contributed by atoms with Crippen molar-refractivity contribution in [3.05, 3.63) is 59.0 Å². The van der Waals surface area contributed by atoms with Crippen LogP contribution in [0, 0.1) is 0 Å². The number of aromatic nitrogens is 2. The Morgan fingerprint density at radius 1 is 1.16 bits per heavy atom. The number of nitrogens with two attached hydrogens (primary N) is 1. The van der Waals surface area contributed by atoms with E-state index in [1.165, 1.54) is 6.07 Å². The van der Waals surface area contributed by atoms with Crippen molar-refractivity contribution >= 4 is 28.1 Å². The molecular weight excluding hydrogens is 240 g/mol. The number of nitrogens with zero attached hydrogens (tertiary/aromatic N) is 1. The van der Waals surface area contributed by atoms with Gasteiger partial charge in [-0.1, -0.05) is 6.07 Å². The standard InChI is InChI=1S/C14H12N4O/c15-9-2-1-3-10(8-9)17-12-6-7-16-14-11(12)4-5-13(19)18-14/h1-8H,15H2,(H2,16,17,18,19). The first-order valence-electron chi connectivity index (χ1n) is 5.83. The van der Waals surface area contributed by atoms with E-state index in [9.17, 15) is 4.79 Å². The van der Waals surface area contributed by atoms with Gasteiger partial charge in [0, 0.05) is 29.0 Å². The van der Waals surface area contributed by atoms with Gasteiger partial charge in [0.25, 0.3) is 0 Å². The van der Waals surface area contributed by atoms with E-state index in [-0.39, 0.29) is 5.56 Å². The second-order valence-electron chi connectivity index (χ2n) is 4.19. The molecule has 2 heterocycles. The third kappa shape index (κ3) is 2.26. The first-order chi connectivity index (χ1) is 9.22. The fourth-order valence-electron chi connectivity index (χ4n) is 1.94. The van der Waals surface area contributed by atoms with Crippen molar-refractivity contribution in [2.75, 3.05) is 11.1 Å². The molecule has 0 radical (unpaired) electrons. The molecule has 2 aromatic heterocycles. The van der Waals surface area contributed by atoms with Crippen LogP contribution in [-0.2, 0) is 0 Å². The van der Waals surface area contributed by atoms with E-state index < -0.39 is 0 Å². The van der Waals surface area contributed by atoms with Crippen LogP contribution in [0.1, 0.15) is 0 Å². The van der Waals surface area contributed by atoms with Gasteiger partial charge in [-0.3, -0.25) is 4.79 Å². The smallest absolute Gasteiger partial charge is 0.249 e. The minimum atomic E-state index is -0.166. The van der Waals surface area contributed by atoms with Crippen LogP contribution in [-0.4, -0.2) is 9.97 Å². The quantitative estimate of drug-likeness (QED) is 0.611. The molecule has 0 aliphatic carbocycles. The summed E-state index contributed by atoms with van der Waals surface area (Å²) >= 11 is 0. The summed E-state index contributed by atoms with van der Waals surface area (Å²) in [6, 6.07) is 12.6. The minimum Gasteiger partial charge on any atom is -0.399 e. The largest absolute Gasteiger partial charge is 0.399 e. The summed E-state index contributed by atoms with van der Waals surface area (Å²) in [5.41, 5.74) is 8.58. The van der Waals surface area contributed by atoms with Crippen molar-refractivity contribution in [3.8, 4) is 0 Å². The lowest BCUT2D eigenvalue weighted by Crippen LogP contribution is -2.04. The summed E-state index contributed by atoms with van der Waals surface area (Å²) in [7, 11) is 0. The molecule has 5 heteroatoms. The number of anilines is 3. The average molecular weight is 252 g/mol. The van der Waals surface area contributed by atoms with Crippen LogP contribution in [0.15, 0.2) is 53.5 Å². The lowest BCUT2D eigenvalue weighted by molar-refractivity contribution is 1.23. The SMILES string of the molecule is Nc1cccc(Nc2ccnc3[nH]c(=O)ccc23)c1. The van der Waals surface area contributed by atoms with Crippen LogP contribution in [0.3, 0.4) is 0 Å². The number of H-pyrrole nitrogens is 1. The Kier molecular flexibility index (Phi) is 2.64. The molecule has 4 N–H and O–H groups in total. The van der Waals surface area contributed by atoms with Gasteiger partial charge in [0.05, 0.1) is 5.69 Å². The summed E-state index contributed by atoms with van der Waals surface area (Å²) in [6.07, 6.45) is 1.65. The van der Waals surface area contributed by atoms with Gasteiger partial charge in [-0.2, -0.15) is 0 Å². The third-order valence-electron chi connectivity index (χ3n) is 2.80. The zero-order valence-corrected chi connectivity index (χ0v) is 10.1. The van der Waals surface area contributed by atoms with Gasteiger partial charge in [0.15, 0.2) is 0 Å². The second-order valence-corrected chi connectivity index (χ2v) is 4.19. The van der Waals surface area contributed by atoms with Gasteiger partial charge in [0.1, 0.15) is 5.65 Å². The van der Waals surface area contributed by atoms with E-state index >= 15 is 0 Å². The number of pyridine rings is 2. The fraction of sp³-hybridized carbons (Fsp3) is 0. The van der Waals surface area contributed by atoms with E-state index in [1.54, 1.807) is 12.3 Å². The molecule has 1 aromatic carbocycles. The maximum atomic E-state index is 11.3. The summed E-state index contributed by atoms with van der Waals surface area (Å²) in [6.45, 7) is 0. The van der Waals surface area contributed by atoms with Gasteiger partial charge in [0.2, 0.25) is 5.56 Å². The molecule has 0 fully saturated rings. The Bertz CT molecular complexity index is 795. The number of benzene rings is 1. The maximum Gasteiger partial charge on any atom is 0.249 e. The molecule has 0 bridgehead atoms. The third-order valence-corrected chi connectivity index (χ3v) is 2.80. The Morgan fingerprint density at radius 3 is 2.89 bits per heavy atom. The highest BCUT2D eigenvalue weighted by molar-refractivity contribution is 5.90. The number of hydrogen-bond donors (Lipinski definition) is 3. The van der Waals surface area contributed by atoms with Crippen LogP contribution in [0.25, 0.3) is 11.0 Å². The number of nitrogen functional groups attached to an aromatic ring is 1. The van der Waals surface area contributed by atoms with Crippen LogP contribution in [0.4, 0.5) is 17.1 Å². The molecule has 5 nitrogen and oxygen atoms in total. The molecule has 0 aliphatic heterocycles. The molecule has 0 saturated heterocycles. The van der Waals surface area contributed by atoms with E-state index in [4.69, 9.17) is 5.73 Å². The lowest BCUT2D eigenvalue weighted by atomic mass is 10.2. The maximum absolute atomic E-state index is 11.3. The van der Waals surface area contributed by atoms with Gasteiger partial charge >= 0.3 is 0 Å². The Balaban J connectivity index is 2.08. The van der Waals surface area contributed by atoms with E-state index in [1.807, 2.05) is 30.3 Å². The van der Waals surface area contributed by atoms with E-state index in [0.29, 0.717) is 11.3 Å². The predicted octanol–water partition coefficient (Wildman–Crippen LogP) is 2.25. The highest BCUT2D eigenvalue weighted by Crippen LogP contribution is 2.24. The molecule has 0 unspecified atom stereocenters. The van der Waals surface area contributed by atoms with Crippen molar-refractivity contribution in [1.29, 1.82) is 0 Å². The monoisotopic (exact) mass is 252 g/mol. The molecule has 0 atom stereocenters. The van der Waals surface area contributed by atoms with Gasteiger partial charge < -0.3 is 16.0 Å². The van der Waals surface area contributed by atoms with Crippen LogP contribution >= 0.6 is 0 Å². The molecule has 0 saturated carbocycles. The van der Waals surface area contributed by atoms with Crippen molar-refractivity contribution < 1.29 is 0 Å². The van der Waals surface area contributed by atoms with Gasteiger partial charge in [-0.05, 0) is 30.3 Å². The van der Waals surface area contributed by atoms with Crippen molar-refractivity contribution in [1.82, 2.24) is 9.97 Å². The number of aromatic amines is 1. The van der Waals surface area contributed by atoms with Crippen LogP contribution < -0.4 is 16.6 Å². The second kappa shape index (κ2) is 4.45. The molecule has 0 aliphatic rings. The molecular formula is C14H12N4O. The molecule has 0 spiro atoms. The Morgan fingerprint density at radius 2 is 2.05 bits per heavy atom. The fourth-order valence-corrected chi connectivity index (χ4v) is 1.94. The lowest BCUT2D eigenvalue weighted by Gasteiger charge is -2.09. The number of hydrogen-bond acceptors (Lipinski definition) is 4. The average Bonchev–Trinajstić information content (AvgIpc) is 2.38. The molecule has 0 amide bonds. The van der Waals surface area contributed by atoms with Crippen molar-refractivity contribution in [2.24, 2.45) is 0 Å². The number of fused-ring (bicyclic) bond motifs is 1. The van der Waals surface area contributed by atoms with Crippen molar-refractivity contribution in [2.45, 2.75) is 0 Å². The van der Waals surface area contributed by atoms with Gasteiger partial charge in [-0.15, -0.1) is 0 Å². The first kappa shape index (κ1) is 11.3. The number of rotatable bonds is 2. The summed E-state index contributed by atoms with van der Waals surface area (Å²) in [4.78, 5) is 18.1. The molecule has 19 heavy (non-hydrogen) atoms. The van der Waals surface area contributed by atoms with E-state index in [0.717, 1.165) is 16.8 Å². The highest BCUT2D eigenvalue weighted by atomic mass is 16.1. The van der Waals surface area contributed by atoms with Crippen LogP contribution in [0.2, 0.25) is 0 Å². The Labute approximate surface area is 109 Å². The normalized spacial score (nSPS) is 10.5. The Hall–Kier alpha value is -2.82. The minimum absolute atomic E-state index is 0.166.